The lowest BCUT2D eigenvalue weighted by Gasteiger charge is -2.05. The van der Waals surface area contributed by atoms with Crippen molar-refractivity contribution in [1.82, 2.24) is 4.98 Å². The number of hydrogen-bond donors (Lipinski definition) is 3. The number of amides is 2. The van der Waals surface area contributed by atoms with Crippen LogP contribution in [0.1, 0.15) is 0 Å². The molecule has 3 rings (SSSR count). The van der Waals surface area contributed by atoms with E-state index >= 15 is 0 Å². The van der Waals surface area contributed by atoms with Gasteiger partial charge < -0.3 is 5.32 Å². The first-order chi connectivity index (χ1) is 11.8. The van der Waals surface area contributed by atoms with E-state index in [0.29, 0.717) is 27.0 Å². The Kier molecular flexibility index (Phi) is 4.80. The van der Waals surface area contributed by atoms with E-state index in [1.54, 1.807) is 42.5 Å². The van der Waals surface area contributed by atoms with Crippen LogP contribution in [0.3, 0.4) is 0 Å². The number of rotatable bonds is 4. The second-order valence-electron chi connectivity index (χ2n) is 5.17. The second kappa shape index (κ2) is 6.87. The number of hydrogen-bond acceptors (Lipinski definition) is 5. The molecule has 1 aromatic heterocycles. The van der Waals surface area contributed by atoms with Crippen molar-refractivity contribution < 1.29 is 13.2 Å². The largest absolute Gasteiger partial charge is 0.325 e. The van der Waals surface area contributed by atoms with Crippen LogP contribution < -0.4 is 15.4 Å². The SMILES string of the molecule is CS(=O)(=O)Nc1ccc2nc(NC(=O)Nc3cccc(Cl)c3)sc2c1. The van der Waals surface area contributed by atoms with Crippen LogP contribution in [0.15, 0.2) is 42.5 Å². The maximum Gasteiger partial charge on any atom is 0.325 e. The Morgan fingerprint density at radius 2 is 1.92 bits per heavy atom. The minimum atomic E-state index is -3.35. The molecular weight excluding hydrogens is 384 g/mol. The molecule has 2 amide bonds. The van der Waals surface area contributed by atoms with E-state index in [1.807, 2.05) is 0 Å². The number of benzene rings is 2. The Morgan fingerprint density at radius 1 is 1.12 bits per heavy atom. The molecule has 0 saturated heterocycles. The molecule has 3 N–H and O–H groups in total. The van der Waals surface area contributed by atoms with Crippen LogP contribution in [0.4, 0.5) is 21.3 Å². The van der Waals surface area contributed by atoms with E-state index < -0.39 is 16.1 Å². The zero-order chi connectivity index (χ0) is 18.0. The summed E-state index contributed by atoms with van der Waals surface area (Å²) >= 11 is 7.11. The number of urea groups is 1. The Bertz CT molecular complexity index is 1050. The third-order valence-corrected chi connectivity index (χ3v) is 4.77. The van der Waals surface area contributed by atoms with Crippen molar-refractivity contribution in [2.45, 2.75) is 0 Å². The first kappa shape index (κ1) is 17.5. The number of carbonyl (C=O) groups is 1. The van der Waals surface area contributed by atoms with Gasteiger partial charge in [-0.05, 0) is 36.4 Å². The topological polar surface area (TPSA) is 100 Å². The molecule has 25 heavy (non-hydrogen) atoms. The summed E-state index contributed by atoms with van der Waals surface area (Å²) in [5, 5.41) is 6.21. The summed E-state index contributed by atoms with van der Waals surface area (Å²) in [6.45, 7) is 0. The summed E-state index contributed by atoms with van der Waals surface area (Å²) in [7, 11) is -3.35. The number of halogens is 1. The summed E-state index contributed by atoms with van der Waals surface area (Å²) in [5.41, 5.74) is 1.65. The van der Waals surface area contributed by atoms with Gasteiger partial charge in [-0.2, -0.15) is 0 Å². The Balaban J connectivity index is 1.74. The highest BCUT2D eigenvalue weighted by atomic mass is 35.5. The fourth-order valence-electron chi connectivity index (χ4n) is 2.08. The lowest BCUT2D eigenvalue weighted by atomic mass is 10.3. The predicted molar refractivity (Wildman–Crippen MR) is 102 cm³/mol. The normalized spacial score (nSPS) is 11.3. The van der Waals surface area contributed by atoms with Crippen LogP contribution in [-0.2, 0) is 10.0 Å². The summed E-state index contributed by atoms with van der Waals surface area (Å²) in [5.74, 6) is 0. The first-order valence-corrected chi connectivity index (χ1v) is 10.1. The number of fused-ring (bicyclic) bond motifs is 1. The van der Waals surface area contributed by atoms with Gasteiger partial charge in [0.15, 0.2) is 5.13 Å². The van der Waals surface area contributed by atoms with Gasteiger partial charge in [0.25, 0.3) is 0 Å². The van der Waals surface area contributed by atoms with Gasteiger partial charge >= 0.3 is 6.03 Å². The molecule has 0 aliphatic rings. The molecule has 0 fully saturated rings. The van der Waals surface area contributed by atoms with E-state index in [9.17, 15) is 13.2 Å². The first-order valence-electron chi connectivity index (χ1n) is 7.00. The lowest BCUT2D eigenvalue weighted by molar-refractivity contribution is 0.262. The fraction of sp³-hybridized carbons (Fsp3) is 0.0667. The molecule has 10 heteroatoms. The number of sulfonamides is 1. The van der Waals surface area contributed by atoms with Gasteiger partial charge in [-0.3, -0.25) is 10.0 Å². The average Bonchev–Trinajstić information content (AvgIpc) is 2.86. The van der Waals surface area contributed by atoms with Crippen LogP contribution >= 0.6 is 22.9 Å². The van der Waals surface area contributed by atoms with E-state index in [1.165, 1.54) is 11.3 Å². The molecular formula is C15H13ClN4O3S2. The van der Waals surface area contributed by atoms with E-state index in [2.05, 4.69) is 20.3 Å². The number of anilines is 3. The van der Waals surface area contributed by atoms with Gasteiger partial charge in [0.2, 0.25) is 10.0 Å². The fourth-order valence-corrected chi connectivity index (χ4v) is 3.73. The van der Waals surface area contributed by atoms with Crippen molar-refractivity contribution in [1.29, 1.82) is 0 Å². The molecule has 2 aromatic carbocycles. The quantitative estimate of drug-likeness (QED) is 0.621. The zero-order valence-corrected chi connectivity index (χ0v) is 15.3. The van der Waals surface area contributed by atoms with Crippen LogP contribution in [0.2, 0.25) is 5.02 Å². The monoisotopic (exact) mass is 396 g/mol. The molecule has 0 saturated carbocycles. The molecule has 1 heterocycles. The summed E-state index contributed by atoms with van der Waals surface area (Å²) in [6, 6.07) is 11.3. The Labute approximate surface area is 153 Å². The van der Waals surface area contributed by atoms with Crippen molar-refractivity contribution in [3.05, 3.63) is 47.5 Å². The third-order valence-electron chi connectivity index (χ3n) is 2.99. The number of nitrogens with zero attached hydrogens (tertiary/aromatic N) is 1. The highest BCUT2D eigenvalue weighted by Crippen LogP contribution is 2.28. The molecule has 0 spiro atoms. The van der Waals surface area contributed by atoms with Crippen LogP contribution in [0.25, 0.3) is 10.2 Å². The molecule has 3 aromatic rings. The third kappa shape index (κ3) is 4.81. The minimum absolute atomic E-state index is 0.394. The lowest BCUT2D eigenvalue weighted by Crippen LogP contribution is -2.19. The summed E-state index contributed by atoms with van der Waals surface area (Å²) in [6.07, 6.45) is 1.08. The average molecular weight is 397 g/mol. The number of nitrogens with one attached hydrogen (secondary N) is 3. The van der Waals surface area contributed by atoms with Gasteiger partial charge in [0, 0.05) is 10.7 Å². The Morgan fingerprint density at radius 3 is 2.64 bits per heavy atom. The van der Waals surface area contributed by atoms with Crippen molar-refractivity contribution >= 4 is 65.7 Å². The number of aromatic nitrogens is 1. The van der Waals surface area contributed by atoms with Crippen LogP contribution in [0, 0.1) is 0 Å². The standard InChI is InChI=1S/C15H13ClN4O3S2/c1-25(22,23)20-11-5-6-12-13(8-11)24-15(18-12)19-14(21)17-10-4-2-3-9(16)7-10/h2-8,20H,1H3,(H2,17,18,19,21). The molecule has 0 atom stereocenters. The van der Waals surface area contributed by atoms with E-state index in [0.717, 1.165) is 11.0 Å². The Hall–Kier alpha value is -2.36. The number of thiazole rings is 1. The van der Waals surface area contributed by atoms with Gasteiger partial charge in [-0.1, -0.05) is 29.0 Å². The van der Waals surface area contributed by atoms with E-state index in [-0.39, 0.29) is 0 Å². The summed E-state index contributed by atoms with van der Waals surface area (Å²) < 4.78 is 25.7. The highest BCUT2D eigenvalue weighted by Gasteiger charge is 2.10. The predicted octanol–water partition coefficient (Wildman–Crippen LogP) is 3.97. The molecule has 130 valence electrons. The van der Waals surface area contributed by atoms with Crippen molar-refractivity contribution in [3.63, 3.8) is 0 Å². The van der Waals surface area contributed by atoms with Crippen molar-refractivity contribution in [3.8, 4) is 0 Å². The maximum absolute atomic E-state index is 12.0. The highest BCUT2D eigenvalue weighted by molar-refractivity contribution is 7.92. The van der Waals surface area contributed by atoms with Gasteiger partial charge in [-0.25, -0.2) is 18.2 Å². The van der Waals surface area contributed by atoms with E-state index in [4.69, 9.17) is 11.6 Å². The van der Waals surface area contributed by atoms with Gasteiger partial charge in [0.1, 0.15) is 0 Å². The zero-order valence-electron chi connectivity index (χ0n) is 12.9. The minimum Gasteiger partial charge on any atom is -0.308 e. The molecule has 0 aliphatic carbocycles. The second-order valence-corrected chi connectivity index (χ2v) is 8.38. The summed E-state index contributed by atoms with van der Waals surface area (Å²) in [4.78, 5) is 16.3. The number of carbonyl (C=O) groups excluding carboxylic acids is 1. The van der Waals surface area contributed by atoms with Crippen molar-refractivity contribution in [2.24, 2.45) is 0 Å². The molecule has 0 aliphatic heterocycles. The van der Waals surface area contributed by atoms with Gasteiger partial charge in [-0.15, -0.1) is 0 Å². The van der Waals surface area contributed by atoms with Gasteiger partial charge in [0.05, 0.1) is 22.2 Å². The molecule has 0 unspecified atom stereocenters. The van der Waals surface area contributed by atoms with Crippen molar-refractivity contribution in [2.75, 3.05) is 21.6 Å². The van der Waals surface area contributed by atoms with Crippen LogP contribution in [0.5, 0.6) is 0 Å². The molecule has 0 radical (unpaired) electrons. The molecule has 0 bridgehead atoms. The molecule has 7 nitrogen and oxygen atoms in total. The maximum atomic E-state index is 12.0. The smallest absolute Gasteiger partial charge is 0.308 e. The van der Waals surface area contributed by atoms with Crippen LogP contribution in [-0.4, -0.2) is 25.7 Å².